The molecule has 0 bridgehead atoms. The lowest BCUT2D eigenvalue weighted by molar-refractivity contribution is -0.118. The van der Waals surface area contributed by atoms with Crippen molar-refractivity contribution in [2.45, 2.75) is 18.3 Å². The summed E-state index contributed by atoms with van der Waals surface area (Å²) in [5.41, 5.74) is 2.23. The Labute approximate surface area is 188 Å². The normalized spacial score (nSPS) is 14.7. The number of aromatic nitrogens is 3. The van der Waals surface area contributed by atoms with Crippen LogP contribution < -0.4 is 19.1 Å². The maximum Gasteiger partial charge on any atom is 0.247 e. The van der Waals surface area contributed by atoms with Crippen molar-refractivity contribution < 1.29 is 19.0 Å². The van der Waals surface area contributed by atoms with Gasteiger partial charge in [-0.2, -0.15) is 4.98 Å². The second kappa shape index (κ2) is 8.60. The van der Waals surface area contributed by atoms with Crippen LogP contribution in [-0.4, -0.2) is 41.6 Å². The minimum atomic E-state index is -0.936. The van der Waals surface area contributed by atoms with E-state index in [0.29, 0.717) is 44.2 Å². The number of fused-ring (bicyclic) bond motifs is 3. The molecule has 2 aromatic carbocycles. The van der Waals surface area contributed by atoms with Crippen LogP contribution in [0.25, 0.3) is 11.3 Å². The number of amides is 1. The molecule has 1 amide bonds. The van der Waals surface area contributed by atoms with Gasteiger partial charge < -0.3 is 14.2 Å². The number of anilines is 1. The minimum Gasteiger partial charge on any atom is -0.493 e. The monoisotopic (exact) mass is 458 g/mol. The van der Waals surface area contributed by atoms with Crippen molar-refractivity contribution in [1.82, 2.24) is 15.2 Å². The summed E-state index contributed by atoms with van der Waals surface area (Å²) >= 11 is 7.70. The number of rotatable bonds is 4. The predicted molar refractivity (Wildman–Crippen MR) is 118 cm³/mol. The smallest absolute Gasteiger partial charge is 0.247 e. The molecule has 0 fully saturated rings. The van der Waals surface area contributed by atoms with Crippen molar-refractivity contribution in [1.29, 1.82) is 0 Å². The predicted octanol–water partition coefficient (Wildman–Crippen LogP) is 4.38. The first-order valence-corrected chi connectivity index (χ1v) is 10.8. The SMILES string of the molecule is COc1cc(Cl)cc([C@H]2Oc3nc(SC)nnc3-c3ccccc3N2C(C)=O)c1OC. The van der Waals surface area contributed by atoms with Crippen molar-refractivity contribution in [3.05, 3.63) is 47.0 Å². The number of methoxy groups -OCH3 is 2. The quantitative estimate of drug-likeness (QED) is 0.532. The van der Waals surface area contributed by atoms with E-state index in [0.717, 1.165) is 0 Å². The lowest BCUT2D eigenvalue weighted by atomic mass is 10.1. The van der Waals surface area contributed by atoms with E-state index >= 15 is 0 Å². The van der Waals surface area contributed by atoms with Crippen LogP contribution in [0.3, 0.4) is 0 Å². The molecule has 0 spiro atoms. The number of hydrogen-bond donors (Lipinski definition) is 0. The van der Waals surface area contributed by atoms with Gasteiger partial charge in [0.1, 0.15) is 0 Å². The number of carbonyl (C=O) groups excluding carboxylic acids is 1. The summed E-state index contributed by atoms with van der Waals surface area (Å²) in [4.78, 5) is 18.9. The molecule has 0 saturated heterocycles. The molecule has 0 aliphatic carbocycles. The Balaban J connectivity index is 2.03. The number of ether oxygens (including phenoxy) is 3. The van der Waals surface area contributed by atoms with E-state index in [-0.39, 0.29) is 11.8 Å². The zero-order valence-electron chi connectivity index (χ0n) is 17.2. The number of para-hydroxylation sites is 1. The maximum atomic E-state index is 12.9. The summed E-state index contributed by atoms with van der Waals surface area (Å²) in [5.74, 6) is 0.822. The van der Waals surface area contributed by atoms with Gasteiger partial charge in [0.25, 0.3) is 0 Å². The number of thioether (sulfide) groups is 1. The summed E-state index contributed by atoms with van der Waals surface area (Å²) in [7, 11) is 3.03. The van der Waals surface area contributed by atoms with E-state index in [1.165, 1.54) is 37.8 Å². The molecule has 0 saturated carbocycles. The first kappa shape index (κ1) is 21.2. The van der Waals surface area contributed by atoms with E-state index in [1.54, 1.807) is 12.1 Å². The molecule has 160 valence electrons. The standard InChI is InChI=1S/C21H19ClN4O4S/c1-11(27)26-15-8-6-5-7-13(15)17-19(23-21(31-4)25-24-17)30-20(26)14-9-12(22)10-16(28-2)18(14)29-3/h5-10,20H,1-4H3/t20-/m1/s1. The molecule has 0 N–H and O–H groups in total. The first-order chi connectivity index (χ1) is 15.0. The number of halogens is 1. The molecule has 4 rings (SSSR count). The topological polar surface area (TPSA) is 86.7 Å². The minimum absolute atomic E-state index is 0.246. The maximum absolute atomic E-state index is 12.9. The Morgan fingerprint density at radius 2 is 1.97 bits per heavy atom. The number of nitrogens with zero attached hydrogens (tertiary/aromatic N) is 4. The van der Waals surface area contributed by atoms with E-state index in [4.69, 9.17) is 25.8 Å². The van der Waals surface area contributed by atoms with Crippen LogP contribution in [0.15, 0.2) is 41.6 Å². The molecule has 31 heavy (non-hydrogen) atoms. The van der Waals surface area contributed by atoms with Crippen LogP contribution in [-0.2, 0) is 4.79 Å². The molecule has 1 aromatic heterocycles. The molecule has 0 unspecified atom stereocenters. The fourth-order valence-electron chi connectivity index (χ4n) is 3.48. The van der Waals surface area contributed by atoms with Gasteiger partial charge in [-0.25, -0.2) is 0 Å². The van der Waals surface area contributed by atoms with E-state index in [1.807, 2.05) is 30.5 Å². The van der Waals surface area contributed by atoms with Crippen molar-refractivity contribution in [3.8, 4) is 28.6 Å². The zero-order valence-corrected chi connectivity index (χ0v) is 18.8. The Bertz CT molecular complexity index is 1160. The molecule has 3 aromatic rings. The summed E-state index contributed by atoms with van der Waals surface area (Å²) in [6.07, 6.45) is 0.909. The van der Waals surface area contributed by atoms with Crippen LogP contribution in [0.2, 0.25) is 5.02 Å². The van der Waals surface area contributed by atoms with Crippen LogP contribution in [0.1, 0.15) is 18.7 Å². The molecule has 0 radical (unpaired) electrons. The van der Waals surface area contributed by atoms with Gasteiger partial charge in [-0.1, -0.05) is 41.6 Å². The second-order valence-corrected chi connectivity index (χ2v) is 7.77. The van der Waals surface area contributed by atoms with E-state index < -0.39 is 6.23 Å². The first-order valence-electron chi connectivity index (χ1n) is 9.24. The largest absolute Gasteiger partial charge is 0.493 e. The summed E-state index contributed by atoms with van der Waals surface area (Å²) < 4.78 is 17.4. The molecule has 1 aliphatic rings. The third-order valence-corrected chi connectivity index (χ3v) is 5.53. The lowest BCUT2D eigenvalue weighted by Gasteiger charge is -2.31. The van der Waals surface area contributed by atoms with Gasteiger partial charge in [0.05, 0.1) is 25.5 Å². The van der Waals surface area contributed by atoms with Crippen molar-refractivity contribution in [3.63, 3.8) is 0 Å². The summed E-state index contributed by atoms with van der Waals surface area (Å²) in [6, 6.07) is 10.7. The second-order valence-electron chi connectivity index (χ2n) is 6.56. The number of carbonyl (C=O) groups is 1. The van der Waals surface area contributed by atoms with Gasteiger partial charge in [0.2, 0.25) is 23.2 Å². The van der Waals surface area contributed by atoms with Crippen molar-refractivity contribution in [2.75, 3.05) is 25.4 Å². The Morgan fingerprint density at radius 1 is 1.19 bits per heavy atom. The van der Waals surface area contributed by atoms with Gasteiger partial charge in [-0.15, -0.1) is 10.2 Å². The molecular weight excluding hydrogens is 440 g/mol. The molecule has 1 aliphatic heterocycles. The summed E-state index contributed by atoms with van der Waals surface area (Å²) in [5, 5.41) is 9.33. The molecule has 8 nitrogen and oxygen atoms in total. The van der Waals surface area contributed by atoms with Crippen LogP contribution in [0.4, 0.5) is 5.69 Å². The van der Waals surface area contributed by atoms with Gasteiger partial charge in [-0.3, -0.25) is 9.69 Å². The molecule has 10 heteroatoms. The van der Waals surface area contributed by atoms with Gasteiger partial charge in [-0.05, 0) is 18.4 Å². The highest BCUT2D eigenvalue weighted by Gasteiger charge is 2.37. The fraction of sp³-hybridized carbons (Fsp3) is 0.238. The Hall–Kier alpha value is -3.04. The Morgan fingerprint density at radius 3 is 2.65 bits per heavy atom. The zero-order chi connectivity index (χ0) is 22.1. The third kappa shape index (κ3) is 3.75. The highest BCUT2D eigenvalue weighted by molar-refractivity contribution is 7.98. The van der Waals surface area contributed by atoms with Gasteiger partial charge in [0, 0.05) is 23.6 Å². The van der Waals surface area contributed by atoms with Crippen LogP contribution in [0, 0.1) is 0 Å². The van der Waals surface area contributed by atoms with Gasteiger partial charge >= 0.3 is 0 Å². The van der Waals surface area contributed by atoms with Gasteiger partial charge in [0.15, 0.2) is 17.2 Å². The van der Waals surface area contributed by atoms with E-state index in [9.17, 15) is 4.79 Å². The molecule has 2 heterocycles. The highest BCUT2D eigenvalue weighted by atomic mass is 35.5. The fourth-order valence-corrected chi connectivity index (χ4v) is 4.00. The average molecular weight is 459 g/mol. The Kier molecular flexibility index (Phi) is 5.88. The average Bonchev–Trinajstić information content (AvgIpc) is 2.92. The third-order valence-electron chi connectivity index (χ3n) is 4.77. The van der Waals surface area contributed by atoms with Crippen LogP contribution >= 0.6 is 23.4 Å². The number of hydrogen-bond acceptors (Lipinski definition) is 8. The van der Waals surface area contributed by atoms with Crippen molar-refractivity contribution >= 4 is 35.0 Å². The van der Waals surface area contributed by atoms with Crippen LogP contribution in [0.5, 0.6) is 17.4 Å². The van der Waals surface area contributed by atoms with E-state index in [2.05, 4.69) is 15.2 Å². The lowest BCUT2D eigenvalue weighted by Crippen LogP contribution is -2.36. The number of benzene rings is 2. The molecule has 1 atom stereocenters. The summed E-state index contributed by atoms with van der Waals surface area (Å²) in [6.45, 7) is 1.46. The highest BCUT2D eigenvalue weighted by Crippen LogP contribution is 2.47. The van der Waals surface area contributed by atoms with Crippen molar-refractivity contribution in [2.24, 2.45) is 0 Å². The molecular formula is C21H19ClN4O4S.